The summed E-state index contributed by atoms with van der Waals surface area (Å²) in [6, 6.07) is 8.11. The lowest BCUT2D eigenvalue weighted by molar-refractivity contribution is -0.130. The standard InChI is InChI=1S/C16H19N3O2S/c1-3-18-15(20)13(16(21)19(4-2)22-18)11-17-10-9-12-7-5-6-8-14(12)17/h5-8,11H,3-4,9-10H2,1-2H3. The van der Waals surface area contributed by atoms with Gasteiger partial charge in [0.2, 0.25) is 0 Å². The fraction of sp³-hybridized carbons (Fsp3) is 0.375. The quantitative estimate of drug-likeness (QED) is 0.487. The number of fused-ring (bicyclic) bond motifs is 1. The maximum atomic E-state index is 12.5. The molecule has 0 aliphatic carbocycles. The normalized spacial score (nSPS) is 18.1. The van der Waals surface area contributed by atoms with Crippen molar-refractivity contribution in [2.45, 2.75) is 20.3 Å². The van der Waals surface area contributed by atoms with Crippen molar-refractivity contribution < 1.29 is 9.59 Å². The van der Waals surface area contributed by atoms with E-state index < -0.39 is 0 Å². The predicted octanol–water partition coefficient (Wildman–Crippen LogP) is 2.21. The fourth-order valence-electron chi connectivity index (χ4n) is 2.72. The van der Waals surface area contributed by atoms with E-state index in [0.29, 0.717) is 13.1 Å². The molecule has 0 spiro atoms. The predicted molar refractivity (Wildman–Crippen MR) is 87.9 cm³/mol. The number of rotatable bonds is 3. The van der Waals surface area contributed by atoms with Gasteiger partial charge in [0.1, 0.15) is 5.57 Å². The van der Waals surface area contributed by atoms with Crippen LogP contribution in [0.3, 0.4) is 0 Å². The van der Waals surface area contributed by atoms with Crippen molar-refractivity contribution in [1.29, 1.82) is 0 Å². The number of nitrogens with zero attached hydrogens (tertiary/aromatic N) is 3. The van der Waals surface area contributed by atoms with Gasteiger partial charge in [-0.15, -0.1) is 0 Å². The van der Waals surface area contributed by atoms with Crippen LogP contribution in [0, 0.1) is 0 Å². The molecule has 0 bridgehead atoms. The van der Waals surface area contributed by atoms with Crippen molar-refractivity contribution in [2.24, 2.45) is 0 Å². The van der Waals surface area contributed by atoms with E-state index in [1.807, 2.05) is 36.9 Å². The average molecular weight is 317 g/mol. The van der Waals surface area contributed by atoms with Gasteiger partial charge < -0.3 is 4.90 Å². The SMILES string of the molecule is CCN1SN(CC)C(=O)C(=CN2CCc3ccccc32)C1=O. The summed E-state index contributed by atoms with van der Waals surface area (Å²) in [5.74, 6) is -0.404. The summed E-state index contributed by atoms with van der Waals surface area (Å²) in [6.07, 6.45) is 2.66. The highest BCUT2D eigenvalue weighted by Gasteiger charge is 2.36. The Labute approximate surface area is 134 Å². The Kier molecular flexibility index (Phi) is 4.11. The Hall–Kier alpha value is -1.95. The van der Waals surface area contributed by atoms with Crippen LogP contribution in [0.15, 0.2) is 36.0 Å². The van der Waals surface area contributed by atoms with Gasteiger partial charge >= 0.3 is 0 Å². The summed E-state index contributed by atoms with van der Waals surface area (Å²) in [4.78, 5) is 27.0. The zero-order chi connectivity index (χ0) is 15.7. The first-order valence-corrected chi connectivity index (χ1v) is 8.27. The van der Waals surface area contributed by atoms with Crippen molar-refractivity contribution in [1.82, 2.24) is 8.61 Å². The molecule has 1 aromatic carbocycles. The van der Waals surface area contributed by atoms with E-state index in [9.17, 15) is 9.59 Å². The molecule has 2 heterocycles. The highest BCUT2D eigenvalue weighted by Crippen LogP contribution is 2.31. The molecule has 1 saturated heterocycles. The van der Waals surface area contributed by atoms with Gasteiger partial charge in [0.25, 0.3) is 11.8 Å². The van der Waals surface area contributed by atoms with Crippen LogP contribution >= 0.6 is 12.1 Å². The van der Waals surface area contributed by atoms with Crippen molar-refractivity contribution in [3.63, 3.8) is 0 Å². The van der Waals surface area contributed by atoms with E-state index in [1.54, 1.807) is 14.8 Å². The van der Waals surface area contributed by atoms with Crippen LogP contribution in [0.5, 0.6) is 0 Å². The smallest absolute Gasteiger partial charge is 0.272 e. The number of para-hydroxylation sites is 1. The van der Waals surface area contributed by atoms with Crippen molar-refractivity contribution in [3.05, 3.63) is 41.6 Å². The Morgan fingerprint density at radius 3 is 2.36 bits per heavy atom. The van der Waals surface area contributed by atoms with Gasteiger partial charge in [0.15, 0.2) is 0 Å². The lowest BCUT2D eigenvalue weighted by Crippen LogP contribution is -2.44. The van der Waals surface area contributed by atoms with Crippen LogP contribution in [-0.4, -0.2) is 40.1 Å². The molecule has 5 nitrogen and oxygen atoms in total. The lowest BCUT2D eigenvalue weighted by Gasteiger charge is -2.33. The van der Waals surface area contributed by atoms with Gasteiger partial charge in [-0.05, 0) is 31.9 Å². The van der Waals surface area contributed by atoms with E-state index in [2.05, 4.69) is 6.07 Å². The number of likely N-dealkylation sites (N-methyl/N-ethyl adjacent to an activating group) is 2. The van der Waals surface area contributed by atoms with E-state index >= 15 is 0 Å². The first kappa shape index (κ1) is 15.0. The Morgan fingerprint density at radius 2 is 1.73 bits per heavy atom. The monoisotopic (exact) mass is 317 g/mol. The highest BCUT2D eigenvalue weighted by molar-refractivity contribution is 7.96. The van der Waals surface area contributed by atoms with E-state index in [4.69, 9.17) is 0 Å². The number of carbonyl (C=O) groups is 2. The van der Waals surface area contributed by atoms with Gasteiger partial charge in [-0.25, -0.2) is 0 Å². The lowest BCUT2D eigenvalue weighted by atomic mass is 10.2. The summed E-state index contributed by atoms with van der Waals surface area (Å²) in [6.45, 7) is 5.77. The van der Waals surface area contributed by atoms with Crippen LogP contribution in [0.25, 0.3) is 0 Å². The van der Waals surface area contributed by atoms with E-state index in [-0.39, 0.29) is 17.4 Å². The molecule has 116 valence electrons. The van der Waals surface area contributed by atoms with Crippen LogP contribution in [0.2, 0.25) is 0 Å². The molecule has 0 saturated carbocycles. The fourth-order valence-corrected chi connectivity index (χ4v) is 3.53. The molecule has 2 aliphatic rings. The molecule has 6 heteroatoms. The number of hydrogen-bond acceptors (Lipinski definition) is 4. The summed E-state index contributed by atoms with van der Waals surface area (Å²) < 4.78 is 3.25. The van der Waals surface area contributed by atoms with Gasteiger partial charge in [-0.3, -0.25) is 18.2 Å². The maximum absolute atomic E-state index is 12.5. The molecule has 1 aromatic rings. The molecular weight excluding hydrogens is 298 g/mol. The minimum atomic E-state index is -0.202. The van der Waals surface area contributed by atoms with E-state index in [0.717, 1.165) is 18.7 Å². The van der Waals surface area contributed by atoms with Crippen LogP contribution in [0.4, 0.5) is 5.69 Å². The number of amides is 2. The number of carbonyl (C=O) groups excluding carboxylic acids is 2. The zero-order valence-electron chi connectivity index (χ0n) is 12.8. The summed E-state index contributed by atoms with van der Waals surface area (Å²) in [5.41, 5.74) is 2.59. The van der Waals surface area contributed by atoms with Gasteiger partial charge in [0, 0.05) is 31.5 Å². The first-order chi connectivity index (χ1) is 10.7. The maximum Gasteiger partial charge on any atom is 0.272 e. The Balaban J connectivity index is 1.94. The second kappa shape index (κ2) is 6.04. The summed E-state index contributed by atoms with van der Waals surface area (Å²) in [5, 5.41) is 0. The summed E-state index contributed by atoms with van der Waals surface area (Å²) >= 11 is 1.20. The minimum Gasteiger partial charge on any atom is -0.346 e. The second-order valence-electron chi connectivity index (χ2n) is 5.20. The van der Waals surface area contributed by atoms with Crippen molar-refractivity contribution in [3.8, 4) is 0 Å². The molecule has 0 aromatic heterocycles. The topological polar surface area (TPSA) is 43.9 Å². The largest absolute Gasteiger partial charge is 0.346 e. The molecule has 0 unspecified atom stereocenters. The Bertz CT molecular complexity index is 620. The molecule has 22 heavy (non-hydrogen) atoms. The van der Waals surface area contributed by atoms with Crippen LogP contribution < -0.4 is 4.90 Å². The molecule has 3 rings (SSSR count). The van der Waals surface area contributed by atoms with Crippen molar-refractivity contribution >= 4 is 29.6 Å². The Morgan fingerprint density at radius 1 is 1.09 bits per heavy atom. The molecule has 0 radical (unpaired) electrons. The average Bonchev–Trinajstić information content (AvgIpc) is 2.95. The van der Waals surface area contributed by atoms with E-state index in [1.165, 1.54) is 17.7 Å². The number of benzene rings is 1. The zero-order valence-corrected chi connectivity index (χ0v) is 13.6. The minimum absolute atomic E-state index is 0.202. The summed E-state index contributed by atoms with van der Waals surface area (Å²) in [7, 11) is 0. The molecule has 1 fully saturated rings. The van der Waals surface area contributed by atoms with Gasteiger partial charge in [-0.2, -0.15) is 0 Å². The van der Waals surface area contributed by atoms with Crippen molar-refractivity contribution in [2.75, 3.05) is 24.5 Å². The third-order valence-corrected chi connectivity index (χ3v) is 5.14. The highest BCUT2D eigenvalue weighted by atomic mass is 32.2. The third-order valence-electron chi connectivity index (χ3n) is 3.89. The van der Waals surface area contributed by atoms with Gasteiger partial charge in [-0.1, -0.05) is 18.2 Å². The number of anilines is 1. The molecule has 2 aliphatic heterocycles. The third kappa shape index (κ3) is 2.47. The van der Waals surface area contributed by atoms with Crippen LogP contribution in [0.1, 0.15) is 19.4 Å². The van der Waals surface area contributed by atoms with Gasteiger partial charge in [0.05, 0.1) is 12.1 Å². The number of hydrogen-bond donors (Lipinski definition) is 0. The molecular formula is C16H19N3O2S. The second-order valence-corrected chi connectivity index (χ2v) is 6.24. The molecule has 2 amide bonds. The molecule has 0 N–H and O–H groups in total. The van der Waals surface area contributed by atoms with Crippen LogP contribution in [-0.2, 0) is 16.0 Å². The molecule has 0 atom stereocenters. The first-order valence-electron chi connectivity index (χ1n) is 7.53.